The summed E-state index contributed by atoms with van der Waals surface area (Å²) in [6, 6.07) is 9.58. The molecule has 0 spiro atoms. The Kier molecular flexibility index (Phi) is 6.81. The molecule has 3 aromatic rings. The number of aromatic nitrogens is 1. The van der Waals surface area contributed by atoms with Gasteiger partial charge in [-0.25, -0.2) is 9.79 Å². The Labute approximate surface area is 211 Å². The lowest BCUT2D eigenvalue weighted by atomic mass is 9.96. The molecule has 1 aromatic heterocycles. The minimum absolute atomic E-state index is 0.0784. The number of hydrogen-bond donors (Lipinski definition) is 1. The van der Waals surface area contributed by atoms with Gasteiger partial charge in [-0.15, -0.1) is 0 Å². The van der Waals surface area contributed by atoms with Gasteiger partial charge in [-0.3, -0.25) is 9.36 Å². The lowest BCUT2D eigenvalue weighted by Gasteiger charge is -2.24. The smallest absolute Gasteiger partial charge is 0.338 e. The Morgan fingerprint density at radius 1 is 1.30 bits per heavy atom. The number of phenols is 1. The fraction of sp³-hybridized carbons (Fsp3) is 0.174. The Balaban J connectivity index is 1.98. The predicted molar refractivity (Wildman–Crippen MR) is 133 cm³/mol. The number of nitrogens with zero attached hydrogens (tertiary/aromatic N) is 2. The molecule has 1 N–H and O–H groups in total. The first-order chi connectivity index (χ1) is 15.7. The number of allylic oxidation sites excluding steroid dienone is 1. The second-order valence-corrected chi connectivity index (χ2v) is 9.95. The number of aromatic hydroxyl groups is 1. The molecule has 0 saturated carbocycles. The van der Waals surface area contributed by atoms with E-state index in [0.29, 0.717) is 31.2 Å². The van der Waals surface area contributed by atoms with Crippen molar-refractivity contribution in [3.8, 4) is 5.75 Å². The lowest BCUT2D eigenvalue weighted by molar-refractivity contribution is -0.139. The molecule has 33 heavy (non-hydrogen) atoms. The summed E-state index contributed by atoms with van der Waals surface area (Å²) in [5.74, 6) is -0.708. The van der Waals surface area contributed by atoms with Gasteiger partial charge in [0.25, 0.3) is 5.56 Å². The highest BCUT2D eigenvalue weighted by atomic mass is 79.9. The molecule has 2 aromatic carbocycles. The Morgan fingerprint density at radius 2 is 2.00 bits per heavy atom. The van der Waals surface area contributed by atoms with Crippen LogP contribution in [0.2, 0.25) is 10.0 Å². The van der Waals surface area contributed by atoms with E-state index in [2.05, 4.69) is 20.9 Å². The fourth-order valence-electron chi connectivity index (χ4n) is 3.59. The van der Waals surface area contributed by atoms with Gasteiger partial charge >= 0.3 is 5.97 Å². The molecule has 4 rings (SSSR count). The first-order valence-electron chi connectivity index (χ1n) is 9.84. The van der Waals surface area contributed by atoms with Crippen molar-refractivity contribution < 1.29 is 14.6 Å². The van der Waals surface area contributed by atoms with Crippen LogP contribution in [0, 0.1) is 0 Å². The molecule has 0 radical (unpaired) electrons. The van der Waals surface area contributed by atoms with Crippen molar-refractivity contribution >= 4 is 62.5 Å². The summed E-state index contributed by atoms with van der Waals surface area (Å²) in [6.45, 7) is 3.64. The van der Waals surface area contributed by atoms with E-state index in [1.807, 2.05) is 24.3 Å². The largest absolute Gasteiger partial charge is 0.506 e. The van der Waals surface area contributed by atoms with Crippen LogP contribution in [-0.2, 0) is 9.53 Å². The molecular formula is C23H17BrCl2N2O4S. The SMILES string of the molecule is CCOC(=O)C1=C(C)N=c2s/c(=C\c3cc(Cl)cc(Cl)c3O)c(=O)n2C1c1ccc(Br)cc1. The number of fused-ring (bicyclic) bond motifs is 1. The molecule has 0 bridgehead atoms. The first-order valence-corrected chi connectivity index (χ1v) is 12.2. The van der Waals surface area contributed by atoms with Gasteiger partial charge in [0.15, 0.2) is 4.80 Å². The predicted octanol–water partition coefficient (Wildman–Crippen LogP) is 4.57. The molecule has 2 heterocycles. The molecule has 1 atom stereocenters. The highest BCUT2D eigenvalue weighted by Gasteiger charge is 2.33. The van der Waals surface area contributed by atoms with Crippen molar-refractivity contribution in [2.75, 3.05) is 6.61 Å². The zero-order valence-electron chi connectivity index (χ0n) is 17.4. The van der Waals surface area contributed by atoms with Gasteiger partial charge in [0, 0.05) is 15.1 Å². The molecule has 0 saturated heterocycles. The summed E-state index contributed by atoms with van der Waals surface area (Å²) in [5, 5.41) is 10.7. The minimum atomic E-state index is -0.716. The van der Waals surface area contributed by atoms with E-state index in [9.17, 15) is 14.7 Å². The Morgan fingerprint density at radius 3 is 2.67 bits per heavy atom. The Bertz CT molecular complexity index is 1480. The van der Waals surface area contributed by atoms with E-state index in [0.717, 1.165) is 21.4 Å². The van der Waals surface area contributed by atoms with Crippen molar-refractivity contribution in [1.29, 1.82) is 0 Å². The molecule has 1 aliphatic heterocycles. The van der Waals surface area contributed by atoms with Crippen molar-refractivity contribution in [3.05, 3.63) is 93.0 Å². The van der Waals surface area contributed by atoms with E-state index in [4.69, 9.17) is 27.9 Å². The second kappa shape index (κ2) is 9.46. The molecule has 1 unspecified atom stereocenters. The van der Waals surface area contributed by atoms with Crippen LogP contribution in [0.4, 0.5) is 0 Å². The van der Waals surface area contributed by atoms with E-state index >= 15 is 0 Å². The second-order valence-electron chi connectivity index (χ2n) is 7.18. The maximum atomic E-state index is 13.5. The first kappa shape index (κ1) is 23.8. The molecule has 1 aliphatic rings. The van der Waals surface area contributed by atoms with Crippen LogP contribution < -0.4 is 14.9 Å². The third kappa shape index (κ3) is 4.53. The quantitative estimate of drug-likeness (QED) is 0.468. The molecule has 6 nitrogen and oxygen atoms in total. The summed E-state index contributed by atoms with van der Waals surface area (Å²) in [4.78, 5) is 31.3. The maximum absolute atomic E-state index is 13.5. The van der Waals surface area contributed by atoms with E-state index in [1.54, 1.807) is 13.8 Å². The summed E-state index contributed by atoms with van der Waals surface area (Å²) in [7, 11) is 0. The highest BCUT2D eigenvalue weighted by Crippen LogP contribution is 2.33. The number of phenolic OH excluding ortho intramolecular Hbond substituents is 1. The van der Waals surface area contributed by atoms with Gasteiger partial charge in [0.1, 0.15) is 5.75 Å². The van der Waals surface area contributed by atoms with Crippen LogP contribution in [0.15, 0.2) is 61.9 Å². The van der Waals surface area contributed by atoms with Crippen LogP contribution in [0.5, 0.6) is 5.75 Å². The summed E-state index contributed by atoms with van der Waals surface area (Å²) in [5.41, 5.74) is 1.45. The van der Waals surface area contributed by atoms with Crippen molar-refractivity contribution in [3.63, 3.8) is 0 Å². The average Bonchev–Trinajstić information content (AvgIpc) is 3.06. The van der Waals surface area contributed by atoms with E-state index in [1.165, 1.54) is 22.8 Å². The normalized spacial score (nSPS) is 15.9. The number of ether oxygens (including phenoxy) is 1. The summed E-state index contributed by atoms with van der Waals surface area (Å²) in [6.07, 6.45) is 1.51. The van der Waals surface area contributed by atoms with E-state index < -0.39 is 12.0 Å². The molecule has 170 valence electrons. The number of carbonyl (C=O) groups excluding carboxylic acids is 1. The minimum Gasteiger partial charge on any atom is -0.506 e. The Hall–Kier alpha value is -2.39. The van der Waals surface area contributed by atoms with Crippen LogP contribution in [-0.4, -0.2) is 22.2 Å². The van der Waals surface area contributed by atoms with Crippen molar-refractivity contribution in [2.24, 2.45) is 4.99 Å². The summed E-state index contributed by atoms with van der Waals surface area (Å²) < 4.78 is 7.93. The number of halogens is 3. The third-order valence-electron chi connectivity index (χ3n) is 5.05. The van der Waals surface area contributed by atoms with Gasteiger partial charge in [-0.05, 0) is 49.8 Å². The van der Waals surface area contributed by atoms with Gasteiger partial charge in [-0.1, -0.05) is 62.6 Å². The van der Waals surface area contributed by atoms with Gasteiger partial charge in [0.05, 0.1) is 33.5 Å². The van der Waals surface area contributed by atoms with Gasteiger partial charge in [0.2, 0.25) is 0 Å². The number of esters is 1. The van der Waals surface area contributed by atoms with Gasteiger partial charge in [-0.2, -0.15) is 0 Å². The standard InChI is InChI=1S/C23H17BrCl2N2O4S/c1-3-32-22(31)18-11(2)27-23-28(19(18)12-4-6-14(24)7-5-12)21(30)17(33-23)9-13-8-15(25)10-16(26)20(13)29/h4-10,19,29H,3H2,1-2H3/b17-9-. The van der Waals surface area contributed by atoms with Crippen LogP contribution in [0.1, 0.15) is 31.0 Å². The van der Waals surface area contributed by atoms with Gasteiger partial charge < -0.3 is 9.84 Å². The van der Waals surface area contributed by atoms with Crippen LogP contribution in [0.25, 0.3) is 6.08 Å². The average molecular weight is 568 g/mol. The van der Waals surface area contributed by atoms with Crippen molar-refractivity contribution in [1.82, 2.24) is 4.57 Å². The molecule has 10 heteroatoms. The third-order valence-corrected chi connectivity index (χ3v) is 7.06. The summed E-state index contributed by atoms with van der Waals surface area (Å²) >= 11 is 16.7. The number of benzene rings is 2. The van der Waals surface area contributed by atoms with Crippen LogP contribution >= 0.6 is 50.5 Å². The zero-order chi connectivity index (χ0) is 23.9. The number of thiazole rings is 1. The molecule has 0 amide bonds. The van der Waals surface area contributed by atoms with Crippen LogP contribution in [0.3, 0.4) is 0 Å². The molecule has 0 aliphatic carbocycles. The molecule has 0 fully saturated rings. The topological polar surface area (TPSA) is 80.9 Å². The monoisotopic (exact) mass is 566 g/mol. The zero-order valence-corrected chi connectivity index (χ0v) is 21.3. The fourth-order valence-corrected chi connectivity index (χ4v) is 5.40. The molecular weight excluding hydrogens is 551 g/mol. The number of hydrogen-bond acceptors (Lipinski definition) is 6. The number of carbonyl (C=O) groups is 1. The van der Waals surface area contributed by atoms with E-state index in [-0.39, 0.29) is 22.9 Å². The van der Waals surface area contributed by atoms with Crippen molar-refractivity contribution in [2.45, 2.75) is 19.9 Å². The number of rotatable bonds is 4. The maximum Gasteiger partial charge on any atom is 0.338 e. The highest BCUT2D eigenvalue weighted by molar-refractivity contribution is 9.10. The lowest BCUT2D eigenvalue weighted by Crippen LogP contribution is -2.39.